The normalized spacial score (nSPS) is 13.5. The summed E-state index contributed by atoms with van der Waals surface area (Å²) in [7, 11) is 1.92. The summed E-state index contributed by atoms with van der Waals surface area (Å²) >= 11 is 12.1. The second-order valence-corrected chi connectivity index (χ2v) is 5.30. The number of hydrogen-bond acceptors (Lipinski definition) is 2. The largest absolute Gasteiger partial charge is 0.459 e. The smallest absolute Gasteiger partial charge is 0.137 e. The van der Waals surface area contributed by atoms with Gasteiger partial charge in [-0.15, -0.1) is 0 Å². The number of halogens is 2. The predicted molar refractivity (Wildman–Crippen MR) is 72.9 cm³/mol. The molecule has 0 radical (unpaired) electrons. The second-order valence-electron chi connectivity index (χ2n) is 4.46. The number of benzene rings is 1. The molecule has 0 saturated heterocycles. The van der Waals surface area contributed by atoms with E-state index in [0.29, 0.717) is 16.0 Å². The summed E-state index contributed by atoms with van der Waals surface area (Å²) in [6.45, 7) is 4.28. The molecular weight excluding hydrogens is 257 g/mol. The van der Waals surface area contributed by atoms with Crippen molar-refractivity contribution in [3.63, 3.8) is 0 Å². The van der Waals surface area contributed by atoms with E-state index >= 15 is 0 Å². The van der Waals surface area contributed by atoms with E-state index in [0.717, 1.165) is 16.7 Å². The van der Waals surface area contributed by atoms with Gasteiger partial charge in [-0.3, -0.25) is 0 Å². The van der Waals surface area contributed by atoms with E-state index in [1.165, 1.54) is 0 Å². The molecule has 0 spiro atoms. The van der Waals surface area contributed by atoms with Crippen molar-refractivity contribution in [1.29, 1.82) is 0 Å². The molecule has 0 aliphatic carbocycles. The van der Waals surface area contributed by atoms with Crippen LogP contribution in [0.4, 0.5) is 0 Å². The fourth-order valence-corrected chi connectivity index (χ4v) is 2.57. The highest BCUT2D eigenvalue weighted by molar-refractivity contribution is 6.38. The van der Waals surface area contributed by atoms with Gasteiger partial charge in [-0.05, 0) is 25.1 Å². The molecule has 1 aromatic carbocycles. The van der Waals surface area contributed by atoms with Gasteiger partial charge in [0, 0.05) is 16.5 Å². The number of furan rings is 1. The summed E-state index contributed by atoms with van der Waals surface area (Å²) in [5.41, 5.74) is 0.735. The molecule has 1 unspecified atom stereocenters. The van der Waals surface area contributed by atoms with Crippen molar-refractivity contribution < 1.29 is 4.42 Å². The predicted octanol–water partition coefficient (Wildman–Crippen LogP) is 4.66. The lowest BCUT2D eigenvalue weighted by Gasteiger charge is -2.16. The van der Waals surface area contributed by atoms with E-state index in [2.05, 4.69) is 19.2 Å². The van der Waals surface area contributed by atoms with Crippen LogP contribution in [0.5, 0.6) is 0 Å². The van der Waals surface area contributed by atoms with E-state index in [-0.39, 0.29) is 6.04 Å². The summed E-state index contributed by atoms with van der Waals surface area (Å²) < 4.78 is 5.81. The highest BCUT2D eigenvalue weighted by atomic mass is 35.5. The van der Waals surface area contributed by atoms with Gasteiger partial charge in [0.25, 0.3) is 0 Å². The minimum absolute atomic E-state index is 0.178. The van der Waals surface area contributed by atoms with Gasteiger partial charge in [0.05, 0.1) is 11.1 Å². The zero-order chi connectivity index (χ0) is 12.6. The lowest BCUT2D eigenvalue weighted by atomic mass is 10.0. The van der Waals surface area contributed by atoms with Crippen LogP contribution in [0.1, 0.15) is 25.6 Å². The number of hydrogen-bond donors (Lipinski definition) is 1. The Bertz CT molecular complexity index is 533. The van der Waals surface area contributed by atoms with Gasteiger partial charge in [-0.2, -0.15) is 0 Å². The Labute approximate surface area is 111 Å². The first kappa shape index (κ1) is 12.7. The van der Waals surface area contributed by atoms with E-state index in [1.54, 1.807) is 12.1 Å². The van der Waals surface area contributed by atoms with Crippen molar-refractivity contribution in [3.8, 4) is 0 Å². The maximum absolute atomic E-state index is 6.14. The van der Waals surface area contributed by atoms with Crippen LogP contribution in [-0.2, 0) is 0 Å². The van der Waals surface area contributed by atoms with E-state index in [9.17, 15) is 0 Å². The summed E-state index contributed by atoms with van der Waals surface area (Å²) in [5.74, 6) is 1.33. The quantitative estimate of drug-likeness (QED) is 0.879. The van der Waals surface area contributed by atoms with Crippen LogP contribution < -0.4 is 5.32 Å². The summed E-state index contributed by atoms with van der Waals surface area (Å²) in [6.07, 6.45) is 0. The van der Waals surface area contributed by atoms with Gasteiger partial charge in [-0.1, -0.05) is 37.0 Å². The van der Waals surface area contributed by atoms with Crippen molar-refractivity contribution in [2.75, 3.05) is 7.05 Å². The Morgan fingerprint density at radius 3 is 2.47 bits per heavy atom. The van der Waals surface area contributed by atoms with Gasteiger partial charge in [-0.25, -0.2) is 0 Å². The summed E-state index contributed by atoms with van der Waals surface area (Å²) in [6, 6.07) is 5.68. The molecule has 2 nitrogen and oxygen atoms in total. The Hall–Kier alpha value is -0.700. The molecule has 1 N–H and O–H groups in total. The van der Waals surface area contributed by atoms with Crippen molar-refractivity contribution in [3.05, 3.63) is 34.0 Å². The molecule has 1 heterocycles. The molecule has 0 aliphatic heterocycles. The van der Waals surface area contributed by atoms with Gasteiger partial charge in [0.2, 0.25) is 0 Å². The van der Waals surface area contributed by atoms with Crippen molar-refractivity contribution >= 4 is 34.2 Å². The monoisotopic (exact) mass is 271 g/mol. The molecule has 1 atom stereocenters. The van der Waals surface area contributed by atoms with E-state index < -0.39 is 0 Å². The lowest BCUT2D eigenvalue weighted by molar-refractivity contribution is 0.371. The van der Waals surface area contributed by atoms with Gasteiger partial charge in [0.1, 0.15) is 11.3 Å². The van der Waals surface area contributed by atoms with Crippen molar-refractivity contribution in [2.45, 2.75) is 19.9 Å². The number of fused-ring (bicyclic) bond motifs is 1. The molecule has 0 saturated carbocycles. The van der Waals surface area contributed by atoms with Crippen molar-refractivity contribution in [1.82, 2.24) is 5.32 Å². The molecule has 2 aromatic rings. The minimum Gasteiger partial charge on any atom is -0.459 e. The standard InChI is InChI=1S/C13H15Cl2NO/c1-7(2)13(16-3)12-6-9-10(15)4-8(14)5-11(9)17-12/h4-7,13,16H,1-3H3. The van der Waals surface area contributed by atoms with E-state index in [1.807, 2.05) is 13.1 Å². The van der Waals surface area contributed by atoms with Crippen LogP contribution in [-0.4, -0.2) is 7.05 Å². The fourth-order valence-electron chi connectivity index (χ4n) is 2.04. The average Bonchev–Trinajstić information content (AvgIpc) is 2.61. The third-order valence-corrected chi connectivity index (χ3v) is 3.39. The second kappa shape index (κ2) is 4.89. The molecule has 0 bridgehead atoms. The van der Waals surface area contributed by atoms with Crippen LogP contribution in [0.15, 0.2) is 22.6 Å². The Morgan fingerprint density at radius 2 is 1.88 bits per heavy atom. The first-order valence-electron chi connectivity index (χ1n) is 5.58. The average molecular weight is 272 g/mol. The molecular formula is C13H15Cl2NO. The molecule has 0 fully saturated rings. The maximum atomic E-state index is 6.14. The maximum Gasteiger partial charge on any atom is 0.137 e. The van der Waals surface area contributed by atoms with Crippen LogP contribution in [0.3, 0.4) is 0 Å². The third kappa shape index (κ3) is 2.44. The van der Waals surface area contributed by atoms with Crippen LogP contribution in [0.2, 0.25) is 10.0 Å². The topological polar surface area (TPSA) is 25.2 Å². The first-order valence-corrected chi connectivity index (χ1v) is 6.34. The van der Waals surface area contributed by atoms with Gasteiger partial charge < -0.3 is 9.73 Å². The molecule has 0 amide bonds. The molecule has 1 aromatic heterocycles. The number of rotatable bonds is 3. The van der Waals surface area contributed by atoms with Gasteiger partial charge >= 0.3 is 0 Å². The molecule has 0 aliphatic rings. The van der Waals surface area contributed by atoms with Crippen molar-refractivity contribution in [2.24, 2.45) is 5.92 Å². The summed E-state index contributed by atoms with van der Waals surface area (Å²) in [4.78, 5) is 0. The highest BCUT2D eigenvalue weighted by Crippen LogP contribution is 2.34. The molecule has 17 heavy (non-hydrogen) atoms. The molecule has 92 valence electrons. The Kier molecular flexibility index (Phi) is 3.67. The SMILES string of the molecule is CNC(c1cc2c(Cl)cc(Cl)cc2o1)C(C)C. The lowest BCUT2D eigenvalue weighted by Crippen LogP contribution is -2.20. The molecule has 2 rings (SSSR count). The minimum atomic E-state index is 0.178. The first-order chi connectivity index (χ1) is 8.02. The molecule has 4 heteroatoms. The van der Waals surface area contributed by atoms with Crippen LogP contribution in [0, 0.1) is 5.92 Å². The highest BCUT2D eigenvalue weighted by Gasteiger charge is 2.19. The fraction of sp³-hybridized carbons (Fsp3) is 0.385. The van der Waals surface area contributed by atoms with Gasteiger partial charge in [0.15, 0.2) is 0 Å². The Balaban J connectivity index is 2.54. The zero-order valence-electron chi connectivity index (χ0n) is 10.1. The van der Waals surface area contributed by atoms with Crippen LogP contribution in [0.25, 0.3) is 11.0 Å². The third-order valence-electron chi connectivity index (χ3n) is 2.85. The Morgan fingerprint density at radius 1 is 1.18 bits per heavy atom. The number of nitrogens with one attached hydrogen (secondary N) is 1. The van der Waals surface area contributed by atoms with E-state index in [4.69, 9.17) is 27.6 Å². The zero-order valence-corrected chi connectivity index (χ0v) is 11.6. The van der Waals surface area contributed by atoms with Crippen LogP contribution >= 0.6 is 23.2 Å². The summed E-state index contributed by atoms with van der Waals surface area (Å²) in [5, 5.41) is 5.37.